The van der Waals surface area contributed by atoms with Crippen molar-refractivity contribution in [1.29, 1.82) is 0 Å². The van der Waals surface area contributed by atoms with Gasteiger partial charge in [-0.05, 0) is 61.6 Å². The molecule has 1 aromatic rings. The summed E-state index contributed by atoms with van der Waals surface area (Å²) in [7, 11) is 2.26. The first-order valence-corrected chi connectivity index (χ1v) is 7.67. The molecule has 0 aromatic heterocycles. The number of rotatable bonds is 2. The molecule has 0 saturated heterocycles. The Kier molecular flexibility index (Phi) is 4.23. The zero-order valence-corrected chi connectivity index (χ0v) is 13.2. The van der Waals surface area contributed by atoms with Crippen molar-refractivity contribution in [2.75, 3.05) is 11.9 Å². The average Bonchev–Trinajstić information content (AvgIpc) is 2.37. The van der Waals surface area contributed by atoms with E-state index in [4.69, 9.17) is 0 Å². The van der Waals surface area contributed by atoms with Crippen LogP contribution < -0.4 is 4.90 Å². The van der Waals surface area contributed by atoms with E-state index in [-0.39, 0.29) is 0 Å². The summed E-state index contributed by atoms with van der Waals surface area (Å²) >= 11 is 0. The molecule has 19 heavy (non-hydrogen) atoms. The van der Waals surface area contributed by atoms with Gasteiger partial charge in [0, 0.05) is 18.8 Å². The molecule has 0 spiro atoms. The Labute approximate surface area is 119 Å². The molecule has 1 aromatic carbocycles. The zero-order chi connectivity index (χ0) is 14.0. The Hall–Kier alpha value is -0.980. The fourth-order valence-corrected chi connectivity index (χ4v) is 3.39. The van der Waals surface area contributed by atoms with Gasteiger partial charge in [-0.2, -0.15) is 0 Å². The first kappa shape index (κ1) is 14.4. The zero-order valence-electron chi connectivity index (χ0n) is 13.2. The van der Waals surface area contributed by atoms with Gasteiger partial charge in [-0.25, -0.2) is 0 Å². The molecule has 0 atom stereocenters. The maximum absolute atomic E-state index is 2.49. The summed E-state index contributed by atoms with van der Waals surface area (Å²) in [5.74, 6) is 0.898. The largest absolute Gasteiger partial charge is 0.372 e. The highest BCUT2D eigenvalue weighted by Gasteiger charge is 2.31. The van der Waals surface area contributed by atoms with Crippen LogP contribution in [0.1, 0.15) is 52.0 Å². The SMILES string of the molecule is Cc1cccc(N(C)C2CCC(C(C)(C)C)CC2)c1. The minimum Gasteiger partial charge on any atom is -0.372 e. The molecule has 0 radical (unpaired) electrons. The number of benzene rings is 1. The lowest BCUT2D eigenvalue weighted by molar-refractivity contribution is 0.168. The van der Waals surface area contributed by atoms with Gasteiger partial charge in [-0.1, -0.05) is 32.9 Å². The second kappa shape index (κ2) is 5.56. The summed E-state index contributed by atoms with van der Waals surface area (Å²) in [6.45, 7) is 9.35. The van der Waals surface area contributed by atoms with Gasteiger partial charge in [-0.15, -0.1) is 0 Å². The molecule has 1 nitrogen and oxygen atoms in total. The summed E-state index contributed by atoms with van der Waals surface area (Å²) in [4.78, 5) is 2.49. The third-order valence-electron chi connectivity index (χ3n) is 4.88. The van der Waals surface area contributed by atoms with Gasteiger partial charge in [0.05, 0.1) is 0 Å². The highest BCUT2D eigenvalue weighted by Crippen LogP contribution is 2.39. The van der Waals surface area contributed by atoms with E-state index in [1.54, 1.807) is 0 Å². The van der Waals surface area contributed by atoms with E-state index in [1.165, 1.54) is 36.9 Å². The molecule has 1 aliphatic carbocycles. The van der Waals surface area contributed by atoms with Crippen LogP contribution in [-0.2, 0) is 0 Å². The lowest BCUT2D eigenvalue weighted by Crippen LogP contribution is -2.37. The van der Waals surface area contributed by atoms with Gasteiger partial charge in [-0.3, -0.25) is 0 Å². The monoisotopic (exact) mass is 259 g/mol. The van der Waals surface area contributed by atoms with Crippen LogP contribution in [0.4, 0.5) is 5.69 Å². The molecule has 1 fully saturated rings. The molecule has 0 N–H and O–H groups in total. The van der Waals surface area contributed by atoms with Gasteiger partial charge in [0.15, 0.2) is 0 Å². The van der Waals surface area contributed by atoms with Gasteiger partial charge in [0.1, 0.15) is 0 Å². The van der Waals surface area contributed by atoms with E-state index in [2.05, 4.69) is 63.9 Å². The van der Waals surface area contributed by atoms with Gasteiger partial charge in [0.2, 0.25) is 0 Å². The molecule has 0 heterocycles. The van der Waals surface area contributed by atoms with E-state index in [0.29, 0.717) is 5.41 Å². The summed E-state index contributed by atoms with van der Waals surface area (Å²) in [5, 5.41) is 0. The molecule has 2 rings (SSSR count). The van der Waals surface area contributed by atoms with Crippen LogP contribution >= 0.6 is 0 Å². The number of hydrogen-bond donors (Lipinski definition) is 0. The highest BCUT2D eigenvalue weighted by molar-refractivity contribution is 5.48. The van der Waals surface area contributed by atoms with Crippen LogP contribution in [0, 0.1) is 18.3 Å². The molecular weight excluding hydrogens is 230 g/mol. The third kappa shape index (κ3) is 3.52. The summed E-state index contributed by atoms with van der Waals surface area (Å²) in [6, 6.07) is 9.61. The fourth-order valence-electron chi connectivity index (χ4n) is 3.39. The van der Waals surface area contributed by atoms with E-state index in [1.807, 2.05) is 0 Å². The minimum absolute atomic E-state index is 0.479. The maximum Gasteiger partial charge on any atom is 0.0368 e. The van der Waals surface area contributed by atoms with Crippen molar-refractivity contribution in [2.24, 2.45) is 11.3 Å². The van der Waals surface area contributed by atoms with Gasteiger partial charge < -0.3 is 4.90 Å². The molecule has 1 aliphatic rings. The molecule has 0 unspecified atom stereocenters. The molecule has 1 saturated carbocycles. The van der Waals surface area contributed by atoms with Crippen LogP contribution in [0.25, 0.3) is 0 Å². The normalized spacial score (nSPS) is 24.3. The number of aryl methyl sites for hydroxylation is 1. The van der Waals surface area contributed by atoms with Crippen LogP contribution in [0.2, 0.25) is 0 Å². The van der Waals surface area contributed by atoms with Crippen molar-refractivity contribution in [1.82, 2.24) is 0 Å². The van der Waals surface area contributed by atoms with Crippen LogP contribution in [0.15, 0.2) is 24.3 Å². The van der Waals surface area contributed by atoms with Gasteiger partial charge in [0.25, 0.3) is 0 Å². The molecule has 106 valence electrons. The second-order valence-electron chi connectivity index (χ2n) is 7.32. The van der Waals surface area contributed by atoms with Gasteiger partial charge >= 0.3 is 0 Å². The minimum atomic E-state index is 0.479. The van der Waals surface area contributed by atoms with Crippen molar-refractivity contribution in [3.63, 3.8) is 0 Å². The number of anilines is 1. The Morgan fingerprint density at radius 2 is 1.68 bits per heavy atom. The molecule has 1 heteroatoms. The molecule has 0 amide bonds. The Bertz CT molecular complexity index is 408. The predicted octanol–water partition coefficient (Wildman–Crippen LogP) is 5.04. The van der Waals surface area contributed by atoms with Crippen LogP contribution in [-0.4, -0.2) is 13.1 Å². The highest BCUT2D eigenvalue weighted by atomic mass is 15.1. The van der Waals surface area contributed by atoms with Crippen molar-refractivity contribution in [3.8, 4) is 0 Å². The molecule has 0 bridgehead atoms. The quantitative estimate of drug-likeness (QED) is 0.719. The van der Waals surface area contributed by atoms with Crippen molar-refractivity contribution >= 4 is 5.69 Å². The first-order chi connectivity index (χ1) is 8.88. The fraction of sp³-hybridized carbons (Fsp3) is 0.667. The van der Waals surface area contributed by atoms with E-state index in [0.717, 1.165) is 12.0 Å². The van der Waals surface area contributed by atoms with Crippen molar-refractivity contribution < 1.29 is 0 Å². The Morgan fingerprint density at radius 3 is 2.21 bits per heavy atom. The van der Waals surface area contributed by atoms with E-state index < -0.39 is 0 Å². The molecular formula is C18H29N. The first-order valence-electron chi connectivity index (χ1n) is 7.67. The second-order valence-corrected chi connectivity index (χ2v) is 7.32. The smallest absolute Gasteiger partial charge is 0.0368 e. The molecule has 0 aliphatic heterocycles. The lowest BCUT2D eigenvalue weighted by atomic mass is 9.71. The Morgan fingerprint density at radius 1 is 1.05 bits per heavy atom. The van der Waals surface area contributed by atoms with Crippen molar-refractivity contribution in [2.45, 2.75) is 59.4 Å². The topological polar surface area (TPSA) is 3.24 Å². The standard InChI is InChI=1S/C18H29N/c1-14-7-6-8-17(13-14)19(5)16-11-9-15(10-12-16)18(2,3)4/h6-8,13,15-16H,9-12H2,1-5H3. The summed E-state index contributed by atoms with van der Waals surface area (Å²) in [5.41, 5.74) is 3.21. The van der Waals surface area contributed by atoms with E-state index in [9.17, 15) is 0 Å². The van der Waals surface area contributed by atoms with Crippen LogP contribution in [0.5, 0.6) is 0 Å². The summed E-state index contributed by atoms with van der Waals surface area (Å²) < 4.78 is 0. The average molecular weight is 259 g/mol. The van der Waals surface area contributed by atoms with Crippen molar-refractivity contribution in [3.05, 3.63) is 29.8 Å². The Balaban J connectivity index is 1.98. The summed E-state index contributed by atoms with van der Waals surface area (Å²) in [6.07, 6.45) is 5.44. The maximum atomic E-state index is 2.49. The third-order valence-corrected chi connectivity index (χ3v) is 4.88. The van der Waals surface area contributed by atoms with Crippen LogP contribution in [0.3, 0.4) is 0 Å². The number of nitrogens with zero attached hydrogens (tertiary/aromatic N) is 1. The predicted molar refractivity (Wildman–Crippen MR) is 84.8 cm³/mol. The lowest BCUT2D eigenvalue weighted by Gasteiger charge is -2.40. The van der Waals surface area contributed by atoms with E-state index >= 15 is 0 Å². The number of hydrogen-bond acceptors (Lipinski definition) is 1.